The average molecular weight is 1190 g/mol. The molecule has 6 aromatic rings. The van der Waals surface area contributed by atoms with Crippen LogP contribution in [0.25, 0.3) is 22.9 Å². The molecule has 4 aromatic carbocycles. The van der Waals surface area contributed by atoms with Crippen molar-refractivity contribution in [2.24, 2.45) is 0 Å². The van der Waals surface area contributed by atoms with Gasteiger partial charge in [-0.2, -0.15) is 17.6 Å². The lowest BCUT2D eigenvalue weighted by molar-refractivity contribution is -0.136. The molecule has 4 fully saturated rings. The molecule has 17 nitrogen and oxygen atoms in total. The number of alkyl halides is 4. The smallest absolute Gasteiger partial charge is 0.314 e. The molecule has 4 aliphatic heterocycles. The monoisotopic (exact) mass is 1190 g/mol. The molecular formula is C50H50Cl2F8N10O7S2. The molecule has 0 spiro atoms. The minimum absolute atomic E-state index is 0.00239. The van der Waals surface area contributed by atoms with Crippen LogP contribution in [0.3, 0.4) is 0 Å². The first-order valence-electron chi connectivity index (χ1n) is 24.8. The Hall–Kier alpha value is -5.97. The van der Waals surface area contributed by atoms with E-state index >= 15 is 8.78 Å². The number of amides is 1. The Kier molecular flexibility index (Phi) is 17.5. The fraction of sp³-hybridized carbons (Fsp3) is 0.420. The van der Waals surface area contributed by atoms with Crippen LogP contribution in [0.5, 0.6) is 0 Å². The summed E-state index contributed by atoms with van der Waals surface area (Å²) in [5.41, 5.74) is 0.243. The normalized spacial score (nSPS) is 17.4. The number of nitrogens with zero attached hydrogens (tertiary/aromatic N) is 9. The van der Waals surface area contributed by atoms with Gasteiger partial charge in [0.05, 0.1) is 45.0 Å². The molecule has 1 N–H and O–H groups in total. The van der Waals surface area contributed by atoms with Crippen molar-refractivity contribution in [2.45, 2.75) is 81.1 Å². The van der Waals surface area contributed by atoms with Crippen molar-refractivity contribution in [1.29, 1.82) is 0 Å². The van der Waals surface area contributed by atoms with Crippen LogP contribution in [-0.4, -0.2) is 133 Å². The zero-order valence-corrected chi connectivity index (χ0v) is 44.9. The lowest BCUT2D eigenvalue weighted by Crippen LogP contribution is -2.62. The third-order valence-electron chi connectivity index (χ3n) is 14.4. The predicted molar refractivity (Wildman–Crippen MR) is 274 cm³/mol. The van der Waals surface area contributed by atoms with Crippen LogP contribution in [-0.2, 0) is 37.9 Å². The average Bonchev–Trinajstić information content (AvgIpc) is 4.22. The number of carbonyl (C=O) groups excluding carboxylic acids is 1. The van der Waals surface area contributed by atoms with Crippen LogP contribution < -0.4 is 13.9 Å². The number of aromatic nitrogens is 4. The van der Waals surface area contributed by atoms with Crippen molar-refractivity contribution < 1.29 is 65.6 Å². The van der Waals surface area contributed by atoms with E-state index in [2.05, 4.69) is 35.5 Å². The standard InChI is InChI=1S/C26H26ClF4N5O4S.C24H24ClF4N5O3S/c1-15(37)35-13-19(14-35)34-8-6-20(7-9-34)41(38,39)36(18-4-5-22(28)21(27)11-18)12-17-3-2-16(10-23(17)29)25-32-33-26(40-25)24(30)31;25-19-10-16(3-4-20(19)26)34(38(35,36)18-5-7-33(8-6-18)17-11-30-12-17)13-15-2-1-14(9-21(15)27)23-31-32-24(37-23)22(28)29/h2-5,10-11,19-20,24H,6-9,12-14H2,1H3;1-4,9-10,17-18,22,30H,5-8,11-13H2. The zero-order valence-electron chi connectivity index (χ0n) is 41.8. The number of halogens is 10. The zero-order chi connectivity index (χ0) is 56.5. The number of hydrogen-bond donors (Lipinski definition) is 1. The van der Waals surface area contributed by atoms with Crippen molar-refractivity contribution in [3.8, 4) is 22.9 Å². The third kappa shape index (κ3) is 12.8. The van der Waals surface area contributed by atoms with E-state index in [1.54, 1.807) is 4.90 Å². The van der Waals surface area contributed by atoms with Gasteiger partial charge in [0.1, 0.15) is 23.3 Å². The molecule has 424 valence electrons. The molecule has 79 heavy (non-hydrogen) atoms. The molecule has 29 heteroatoms. The van der Waals surface area contributed by atoms with E-state index < -0.39 is 91.5 Å². The van der Waals surface area contributed by atoms with Gasteiger partial charge in [0.25, 0.3) is 11.8 Å². The quantitative estimate of drug-likeness (QED) is 0.0903. The van der Waals surface area contributed by atoms with E-state index in [4.69, 9.17) is 32.0 Å². The summed E-state index contributed by atoms with van der Waals surface area (Å²) in [7, 11) is -8.09. The van der Waals surface area contributed by atoms with Crippen molar-refractivity contribution in [1.82, 2.24) is 40.4 Å². The van der Waals surface area contributed by atoms with Gasteiger partial charge in [-0.15, -0.1) is 20.4 Å². The summed E-state index contributed by atoms with van der Waals surface area (Å²) in [6.07, 6.45) is -4.54. The number of benzene rings is 4. The second-order valence-corrected chi connectivity index (χ2v) is 24.4. The van der Waals surface area contributed by atoms with Crippen molar-refractivity contribution >= 4 is 60.5 Å². The molecule has 0 saturated carbocycles. The largest absolute Gasteiger partial charge is 0.415 e. The Morgan fingerprint density at radius 2 is 1.01 bits per heavy atom. The van der Waals surface area contributed by atoms with Crippen LogP contribution >= 0.6 is 23.2 Å². The van der Waals surface area contributed by atoms with E-state index in [0.29, 0.717) is 71.0 Å². The van der Waals surface area contributed by atoms with Gasteiger partial charge in [-0.25, -0.2) is 34.4 Å². The molecule has 0 bridgehead atoms. The summed E-state index contributed by atoms with van der Waals surface area (Å²) in [4.78, 5) is 17.7. The molecule has 4 aliphatic rings. The van der Waals surface area contributed by atoms with Gasteiger partial charge in [0.15, 0.2) is 0 Å². The highest BCUT2D eigenvalue weighted by atomic mass is 35.5. The highest BCUT2D eigenvalue weighted by molar-refractivity contribution is 7.93. The van der Waals surface area contributed by atoms with Gasteiger partial charge in [0, 0.05) is 67.4 Å². The van der Waals surface area contributed by atoms with Gasteiger partial charge < -0.3 is 19.1 Å². The second-order valence-electron chi connectivity index (χ2n) is 19.3. The van der Waals surface area contributed by atoms with Crippen molar-refractivity contribution in [2.75, 3.05) is 61.0 Å². The first-order chi connectivity index (χ1) is 37.6. The molecule has 10 rings (SSSR count). The highest BCUT2D eigenvalue weighted by Gasteiger charge is 2.41. The van der Waals surface area contributed by atoms with Crippen LogP contribution in [0, 0.1) is 23.3 Å². The number of piperidine rings is 2. The number of rotatable bonds is 16. The molecular weight excluding hydrogens is 1140 g/mol. The first-order valence-corrected chi connectivity index (χ1v) is 28.5. The van der Waals surface area contributed by atoms with E-state index in [9.17, 15) is 48.0 Å². The Bertz CT molecular complexity index is 3400. The summed E-state index contributed by atoms with van der Waals surface area (Å²) in [6, 6.07) is 14.9. The van der Waals surface area contributed by atoms with Crippen LogP contribution in [0.1, 0.15) is 68.4 Å². The lowest BCUT2D eigenvalue weighted by Gasteiger charge is -2.47. The van der Waals surface area contributed by atoms with Gasteiger partial charge in [0.2, 0.25) is 37.7 Å². The molecule has 6 heterocycles. The van der Waals surface area contributed by atoms with Gasteiger partial charge in [-0.05, 0) is 113 Å². The van der Waals surface area contributed by atoms with Gasteiger partial charge in [-0.3, -0.25) is 23.2 Å². The molecule has 1 amide bonds. The number of anilines is 2. The number of sulfonamides is 2. The van der Waals surface area contributed by atoms with E-state index in [1.807, 2.05) is 0 Å². The topological polar surface area (TPSA) is 191 Å². The number of carbonyl (C=O) groups is 1. The Morgan fingerprint density at radius 3 is 1.34 bits per heavy atom. The molecule has 0 unspecified atom stereocenters. The SMILES string of the molecule is CC(=O)N1CC(N2CCC(S(=O)(=O)N(Cc3ccc(-c4nnc(C(F)F)o4)cc3F)c3ccc(F)c(Cl)c3)CC2)C1.O=S(=O)(C1CCN(C2CNC2)CC1)N(Cc1ccc(-c2nnc(C(F)F)o2)cc1F)c1ccc(F)c(Cl)c1. The Labute approximate surface area is 458 Å². The van der Waals surface area contributed by atoms with E-state index in [1.165, 1.54) is 55.5 Å². The predicted octanol–water partition coefficient (Wildman–Crippen LogP) is 9.02. The Balaban J connectivity index is 0.000000192. The maximum atomic E-state index is 15.2. The summed E-state index contributed by atoms with van der Waals surface area (Å²) < 4.78 is 177. The minimum atomic E-state index is -4.08. The summed E-state index contributed by atoms with van der Waals surface area (Å²) in [5.74, 6) is -5.50. The first kappa shape index (κ1) is 57.7. The van der Waals surface area contributed by atoms with E-state index in [-0.39, 0.29) is 67.4 Å². The number of likely N-dealkylation sites (tertiary alicyclic amines) is 3. The fourth-order valence-electron chi connectivity index (χ4n) is 9.65. The van der Waals surface area contributed by atoms with Crippen molar-refractivity contribution in [3.63, 3.8) is 0 Å². The third-order valence-corrected chi connectivity index (χ3v) is 19.5. The van der Waals surface area contributed by atoms with Gasteiger partial charge in [-0.1, -0.05) is 35.3 Å². The molecule has 4 saturated heterocycles. The second kappa shape index (κ2) is 24.0. The number of nitrogens with one attached hydrogen (secondary N) is 1. The summed E-state index contributed by atoms with van der Waals surface area (Å²) >= 11 is 11.9. The number of hydrogen-bond acceptors (Lipinski definition) is 14. The Morgan fingerprint density at radius 1 is 0.608 bits per heavy atom. The molecule has 2 aromatic heterocycles. The fourth-order valence-corrected chi connectivity index (χ4v) is 13.8. The molecule has 0 aliphatic carbocycles. The highest BCUT2D eigenvalue weighted by Crippen LogP contribution is 2.36. The van der Waals surface area contributed by atoms with E-state index in [0.717, 1.165) is 46.0 Å². The molecule has 0 atom stereocenters. The van der Waals surface area contributed by atoms with Crippen LogP contribution in [0.15, 0.2) is 81.6 Å². The summed E-state index contributed by atoms with van der Waals surface area (Å²) in [5, 5.41) is 14.6. The summed E-state index contributed by atoms with van der Waals surface area (Å²) in [6.45, 7) is 5.89. The van der Waals surface area contributed by atoms with Crippen LogP contribution in [0.4, 0.5) is 46.5 Å². The molecule has 0 radical (unpaired) electrons. The van der Waals surface area contributed by atoms with Crippen LogP contribution in [0.2, 0.25) is 10.0 Å². The maximum Gasteiger partial charge on any atom is 0.314 e. The maximum absolute atomic E-state index is 15.2. The van der Waals surface area contributed by atoms with Crippen molar-refractivity contribution in [3.05, 3.63) is 129 Å². The lowest BCUT2D eigenvalue weighted by atomic mass is 10.0. The van der Waals surface area contributed by atoms with Gasteiger partial charge >= 0.3 is 12.9 Å². The minimum Gasteiger partial charge on any atom is -0.415 e.